The van der Waals surface area contributed by atoms with Crippen LogP contribution in [0.15, 0.2) is 54.1 Å². The lowest BCUT2D eigenvalue weighted by atomic mass is 9.97. The monoisotopic (exact) mass is 429 g/mol. The van der Waals surface area contributed by atoms with Crippen molar-refractivity contribution in [3.05, 3.63) is 54.1 Å². The van der Waals surface area contributed by atoms with Crippen molar-refractivity contribution in [2.75, 3.05) is 26.1 Å². The first-order chi connectivity index (χ1) is 15.8. The Labute approximate surface area is 187 Å². The first-order valence-electron chi connectivity index (χ1n) is 11.1. The number of methoxy groups -OCH3 is 2. The predicted octanol–water partition coefficient (Wildman–Crippen LogP) is 5.26. The van der Waals surface area contributed by atoms with Crippen LogP contribution in [0, 0.1) is 0 Å². The SMILES string of the molecule is COc1cc2nc(NCCC3=CCCCC3)n3nc(-c4ccccc4)nc3c2cc1OC. The fourth-order valence-electron chi connectivity index (χ4n) is 4.23. The van der Waals surface area contributed by atoms with E-state index in [0.717, 1.165) is 35.1 Å². The van der Waals surface area contributed by atoms with Gasteiger partial charge >= 0.3 is 0 Å². The van der Waals surface area contributed by atoms with Gasteiger partial charge in [0.15, 0.2) is 23.0 Å². The molecule has 1 aliphatic rings. The minimum Gasteiger partial charge on any atom is -0.493 e. The molecule has 5 rings (SSSR count). The van der Waals surface area contributed by atoms with Crippen LogP contribution in [0.25, 0.3) is 27.9 Å². The van der Waals surface area contributed by atoms with Crippen LogP contribution in [-0.4, -0.2) is 40.3 Å². The molecule has 4 aromatic rings. The summed E-state index contributed by atoms with van der Waals surface area (Å²) >= 11 is 0. The normalized spacial score (nSPS) is 13.9. The number of fused-ring (bicyclic) bond motifs is 3. The molecule has 1 N–H and O–H groups in total. The molecule has 2 heterocycles. The minimum atomic E-state index is 0.637. The molecule has 0 atom stereocenters. The molecule has 0 amide bonds. The topological polar surface area (TPSA) is 73.6 Å². The van der Waals surface area contributed by atoms with Gasteiger partial charge in [0.05, 0.1) is 19.7 Å². The molecule has 0 saturated heterocycles. The average Bonchev–Trinajstić information content (AvgIpc) is 3.30. The van der Waals surface area contributed by atoms with E-state index in [2.05, 4.69) is 11.4 Å². The van der Waals surface area contributed by atoms with Gasteiger partial charge in [-0.25, -0.2) is 9.97 Å². The van der Waals surface area contributed by atoms with Gasteiger partial charge in [0.25, 0.3) is 0 Å². The zero-order valence-corrected chi connectivity index (χ0v) is 18.5. The molecule has 2 aromatic carbocycles. The van der Waals surface area contributed by atoms with E-state index in [1.807, 2.05) is 42.5 Å². The van der Waals surface area contributed by atoms with Gasteiger partial charge in [0, 0.05) is 23.6 Å². The van der Waals surface area contributed by atoms with Gasteiger partial charge in [-0.05, 0) is 38.2 Å². The van der Waals surface area contributed by atoms with E-state index in [-0.39, 0.29) is 0 Å². The van der Waals surface area contributed by atoms with Crippen LogP contribution in [0.1, 0.15) is 32.1 Å². The van der Waals surface area contributed by atoms with E-state index in [0.29, 0.717) is 23.3 Å². The van der Waals surface area contributed by atoms with Crippen molar-refractivity contribution < 1.29 is 9.47 Å². The molecule has 0 fully saturated rings. The van der Waals surface area contributed by atoms with Crippen LogP contribution in [0.2, 0.25) is 0 Å². The quantitative estimate of drug-likeness (QED) is 0.404. The average molecular weight is 430 g/mol. The molecule has 7 nitrogen and oxygen atoms in total. The van der Waals surface area contributed by atoms with Crippen LogP contribution in [0.4, 0.5) is 5.95 Å². The molecule has 7 heteroatoms. The molecular formula is C25H27N5O2. The second-order valence-corrected chi connectivity index (χ2v) is 7.98. The van der Waals surface area contributed by atoms with Gasteiger partial charge < -0.3 is 14.8 Å². The van der Waals surface area contributed by atoms with Crippen LogP contribution in [0.5, 0.6) is 11.5 Å². The van der Waals surface area contributed by atoms with Gasteiger partial charge in [0.2, 0.25) is 5.95 Å². The molecule has 164 valence electrons. The third kappa shape index (κ3) is 3.86. The van der Waals surface area contributed by atoms with Crippen LogP contribution in [0.3, 0.4) is 0 Å². The van der Waals surface area contributed by atoms with E-state index in [1.54, 1.807) is 18.7 Å². The summed E-state index contributed by atoms with van der Waals surface area (Å²) in [5.74, 6) is 2.61. The Bertz CT molecular complexity index is 1280. The van der Waals surface area contributed by atoms with E-state index in [1.165, 1.54) is 31.3 Å². The second-order valence-electron chi connectivity index (χ2n) is 7.98. The number of rotatable bonds is 7. The van der Waals surface area contributed by atoms with E-state index < -0.39 is 0 Å². The number of anilines is 1. The van der Waals surface area contributed by atoms with E-state index in [4.69, 9.17) is 24.5 Å². The molecule has 32 heavy (non-hydrogen) atoms. The molecular weight excluding hydrogens is 402 g/mol. The van der Waals surface area contributed by atoms with Gasteiger partial charge in [-0.3, -0.25) is 0 Å². The molecule has 0 saturated carbocycles. The molecule has 2 aromatic heterocycles. The van der Waals surface area contributed by atoms with Gasteiger partial charge in [0.1, 0.15) is 0 Å². The van der Waals surface area contributed by atoms with Crippen molar-refractivity contribution >= 4 is 22.5 Å². The Morgan fingerprint density at radius 3 is 2.56 bits per heavy atom. The molecule has 0 bridgehead atoms. The van der Waals surface area contributed by atoms with Crippen molar-refractivity contribution in [2.45, 2.75) is 32.1 Å². The summed E-state index contributed by atoms with van der Waals surface area (Å²) < 4.78 is 12.8. The van der Waals surface area contributed by atoms with E-state index in [9.17, 15) is 0 Å². The zero-order chi connectivity index (χ0) is 21.9. The standard InChI is InChI=1S/C25H27N5O2/c1-31-21-15-19-20(16-22(21)32-2)27-25(26-14-13-17-9-5-3-6-10-17)30-24(19)28-23(29-30)18-11-7-4-8-12-18/h4,7-9,11-12,15-16H,3,5-6,10,13-14H2,1-2H3,(H,26,27). The largest absolute Gasteiger partial charge is 0.493 e. The summed E-state index contributed by atoms with van der Waals surface area (Å²) in [7, 11) is 3.26. The number of hydrogen-bond acceptors (Lipinski definition) is 6. The minimum absolute atomic E-state index is 0.637. The summed E-state index contributed by atoms with van der Waals surface area (Å²) in [4.78, 5) is 9.74. The van der Waals surface area contributed by atoms with Crippen molar-refractivity contribution in [3.63, 3.8) is 0 Å². The highest BCUT2D eigenvalue weighted by molar-refractivity contribution is 5.95. The fourth-order valence-corrected chi connectivity index (χ4v) is 4.23. The molecule has 0 spiro atoms. The van der Waals surface area contributed by atoms with Crippen LogP contribution >= 0.6 is 0 Å². The van der Waals surface area contributed by atoms with Gasteiger partial charge in [-0.1, -0.05) is 42.0 Å². The molecule has 1 aliphatic carbocycles. The second kappa shape index (κ2) is 8.86. The van der Waals surface area contributed by atoms with Crippen molar-refractivity contribution in [1.29, 1.82) is 0 Å². The zero-order valence-electron chi connectivity index (χ0n) is 18.5. The summed E-state index contributed by atoms with van der Waals surface area (Å²) in [6.07, 6.45) is 8.37. The first kappa shape index (κ1) is 20.3. The number of hydrogen-bond donors (Lipinski definition) is 1. The molecule has 0 aliphatic heterocycles. The Morgan fingerprint density at radius 1 is 1.00 bits per heavy atom. The highest BCUT2D eigenvalue weighted by Gasteiger charge is 2.17. The summed E-state index contributed by atoms with van der Waals surface area (Å²) in [5, 5.41) is 9.14. The third-order valence-electron chi connectivity index (χ3n) is 5.92. The number of aromatic nitrogens is 4. The summed E-state index contributed by atoms with van der Waals surface area (Å²) in [5.41, 5.74) is 4.00. The highest BCUT2D eigenvalue weighted by atomic mass is 16.5. The summed E-state index contributed by atoms with van der Waals surface area (Å²) in [6.45, 7) is 0.799. The Balaban J connectivity index is 1.59. The summed E-state index contributed by atoms with van der Waals surface area (Å²) in [6, 6.07) is 13.8. The van der Waals surface area contributed by atoms with E-state index >= 15 is 0 Å². The lowest BCUT2D eigenvalue weighted by Crippen LogP contribution is -2.11. The fraction of sp³-hybridized carbons (Fsp3) is 0.320. The maximum Gasteiger partial charge on any atom is 0.226 e. The molecule has 0 unspecified atom stereocenters. The number of nitrogens with one attached hydrogen (secondary N) is 1. The maximum absolute atomic E-state index is 5.51. The number of ether oxygens (including phenoxy) is 2. The molecule has 0 radical (unpaired) electrons. The van der Waals surface area contributed by atoms with Crippen molar-refractivity contribution in [2.24, 2.45) is 0 Å². The maximum atomic E-state index is 5.51. The Hall–Kier alpha value is -3.61. The Morgan fingerprint density at radius 2 is 1.81 bits per heavy atom. The van der Waals surface area contributed by atoms with Crippen LogP contribution < -0.4 is 14.8 Å². The third-order valence-corrected chi connectivity index (χ3v) is 5.92. The van der Waals surface area contributed by atoms with Crippen molar-refractivity contribution in [3.8, 4) is 22.9 Å². The van der Waals surface area contributed by atoms with Crippen LogP contribution in [-0.2, 0) is 0 Å². The lowest BCUT2D eigenvalue weighted by molar-refractivity contribution is 0.356. The number of allylic oxidation sites excluding steroid dienone is 1. The number of benzene rings is 2. The van der Waals surface area contributed by atoms with Gasteiger partial charge in [-0.2, -0.15) is 4.52 Å². The first-order valence-corrected chi connectivity index (χ1v) is 11.1. The van der Waals surface area contributed by atoms with Gasteiger partial charge in [-0.15, -0.1) is 5.10 Å². The Kier molecular flexibility index (Phi) is 5.62. The highest BCUT2D eigenvalue weighted by Crippen LogP contribution is 2.34. The smallest absolute Gasteiger partial charge is 0.226 e. The van der Waals surface area contributed by atoms with Crippen molar-refractivity contribution in [1.82, 2.24) is 19.6 Å². The number of nitrogens with zero attached hydrogens (tertiary/aromatic N) is 4. The lowest BCUT2D eigenvalue weighted by Gasteiger charge is -2.14. The predicted molar refractivity (Wildman–Crippen MR) is 126 cm³/mol.